The van der Waals surface area contributed by atoms with Gasteiger partial charge in [0.1, 0.15) is 6.67 Å². The van der Waals surface area contributed by atoms with E-state index in [4.69, 9.17) is 4.74 Å². The van der Waals surface area contributed by atoms with Crippen molar-refractivity contribution in [2.75, 3.05) is 19.9 Å². The average molecular weight is 222 g/mol. The summed E-state index contributed by atoms with van der Waals surface area (Å²) in [4.78, 5) is 0. The molecule has 0 saturated heterocycles. The first kappa shape index (κ1) is 14.2. The maximum atomic E-state index is 12.9. The van der Waals surface area contributed by atoms with Gasteiger partial charge in [0.2, 0.25) is 0 Å². The Balaban J connectivity index is 4.72. The molecule has 0 aromatic carbocycles. The lowest BCUT2D eigenvalue weighted by Gasteiger charge is -2.30. The van der Waals surface area contributed by atoms with Crippen LogP contribution in [0.15, 0.2) is 24.3 Å². The van der Waals surface area contributed by atoms with Crippen molar-refractivity contribution in [3.8, 4) is 0 Å². The molecule has 0 aromatic rings. The number of rotatable bonds is 7. The highest BCUT2D eigenvalue weighted by atomic mass is 19.3. The Labute approximate surface area is 88.6 Å². The van der Waals surface area contributed by atoms with Crippen LogP contribution in [-0.2, 0) is 4.74 Å². The van der Waals surface area contributed by atoms with Crippen LogP contribution >= 0.6 is 0 Å². The van der Waals surface area contributed by atoms with Gasteiger partial charge in [0.05, 0.1) is 18.6 Å². The van der Waals surface area contributed by atoms with Crippen LogP contribution in [0.25, 0.3) is 0 Å². The van der Waals surface area contributed by atoms with E-state index in [0.29, 0.717) is 5.57 Å². The standard InChI is InChI=1S/C11H17F3O/c1-4-5-11(9(2)3,10(13)14)8-15-7-6-12/h4-5,10H,2,6-8H2,1,3H3/b5-4+. The van der Waals surface area contributed by atoms with E-state index in [-0.39, 0.29) is 13.2 Å². The van der Waals surface area contributed by atoms with Crippen molar-refractivity contribution in [2.45, 2.75) is 20.3 Å². The number of hydrogen-bond acceptors (Lipinski definition) is 1. The summed E-state index contributed by atoms with van der Waals surface area (Å²) in [6.07, 6.45) is 0.281. The van der Waals surface area contributed by atoms with Crippen LogP contribution in [0.1, 0.15) is 13.8 Å². The van der Waals surface area contributed by atoms with Crippen LogP contribution in [0.4, 0.5) is 13.2 Å². The van der Waals surface area contributed by atoms with E-state index in [1.54, 1.807) is 6.92 Å². The third-order valence-electron chi connectivity index (χ3n) is 2.21. The average Bonchev–Trinajstić information content (AvgIpc) is 2.15. The molecule has 15 heavy (non-hydrogen) atoms. The van der Waals surface area contributed by atoms with Gasteiger partial charge in [0.15, 0.2) is 0 Å². The summed E-state index contributed by atoms with van der Waals surface area (Å²) < 4.78 is 42.5. The fraction of sp³-hybridized carbons (Fsp3) is 0.636. The highest BCUT2D eigenvalue weighted by Crippen LogP contribution is 2.35. The number of halogens is 3. The van der Waals surface area contributed by atoms with Crippen molar-refractivity contribution >= 4 is 0 Å². The molecule has 0 N–H and O–H groups in total. The van der Waals surface area contributed by atoms with E-state index in [9.17, 15) is 13.2 Å². The third-order valence-corrected chi connectivity index (χ3v) is 2.21. The molecule has 1 atom stereocenters. The minimum absolute atomic E-state index is 0.167. The van der Waals surface area contributed by atoms with Gasteiger partial charge in [0, 0.05) is 0 Å². The van der Waals surface area contributed by atoms with Gasteiger partial charge >= 0.3 is 0 Å². The Morgan fingerprint density at radius 3 is 2.47 bits per heavy atom. The normalized spacial score (nSPS) is 15.9. The lowest BCUT2D eigenvalue weighted by molar-refractivity contribution is -0.0182. The molecule has 1 unspecified atom stereocenters. The van der Waals surface area contributed by atoms with Crippen LogP contribution in [-0.4, -0.2) is 26.3 Å². The number of ether oxygens (including phenoxy) is 1. The van der Waals surface area contributed by atoms with E-state index in [2.05, 4.69) is 6.58 Å². The zero-order valence-corrected chi connectivity index (χ0v) is 9.10. The van der Waals surface area contributed by atoms with Gasteiger partial charge in [-0.25, -0.2) is 13.2 Å². The molecule has 0 heterocycles. The van der Waals surface area contributed by atoms with E-state index in [1.807, 2.05) is 0 Å². The summed E-state index contributed by atoms with van der Waals surface area (Å²) >= 11 is 0. The van der Waals surface area contributed by atoms with E-state index in [1.165, 1.54) is 19.1 Å². The number of hydrogen-bond donors (Lipinski definition) is 0. The van der Waals surface area contributed by atoms with Gasteiger partial charge in [0.25, 0.3) is 6.43 Å². The van der Waals surface area contributed by atoms with Crippen LogP contribution in [0.5, 0.6) is 0 Å². The summed E-state index contributed by atoms with van der Waals surface area (Å²) in [6, 6.07) is 0. The SMILES string of the molecule is C=C(C)C(/C=C/C)(COCCF)C(F)F. The molecule has 0 bridgehead atoms. The van der Waals surface area contributed by atoms with Gasteiger partial charge in [-0.05, 0) is 13.8 Å². The van der Waals surface area contributed by atoms with Gasteiger partial charge in [-0.2, -0.15) is 0 Å². The van der Waals surface area contributed by atoms with Gasteiger partial charge in [-0.3, -0.25) is 0 Å². The van der Waals surface area contributed by atoms with Gasteiger partial charge in [-0.15, -0.1) is 0 Å². The Kier molecular flexibility index (Phi) is 6.32. The number of allylic oxidation sites excluding steroid dienone is 1. The maximum absolute atomic E-state index is 12.9. The molecule has 0 aromatic heterocycles. The number of alkyl halides is 3. The van der Waals surface area contributed by atoms with Crippen molar-refractivity contribution in [1.82, 2.24) is 0 Å². The molecule has 0 amide bonds. The Hall–Kier alpha value is -0.770. The molecular weight excluding hydrogens is 205 g/mol. The first-order chi connectivity index (χ1) is 7.01. The molecule has 0 spiro atoms. The first-order valence-electron chi connectivity index (χ1n) is 4.73. The molecule has 0 saturated carbocycles. The van der Waals surface area contributed by atoms with Crippen molar-refractivity contribution in [2.24, 2.45) is 5.41 Å². The molecule has 1 nitrogen and oxygen atoms in total. The van der Waals surface area contributed by atoms with Crippen molar-refractivity contribution < 1.29 is 17.9 Å². The molecule has 0 fully saturated rings. The molecule has 0 aliphatic heterocycles. The highest BCUT2D eigenvalue weighted by Gasteiger charge is 2.38. The van der Waals surface area contributed by atoms with Crippen molar-refractivity contribution in [1.29, 1.82) is 0 Å². The first-order valence-corrected chi connectivity index (χ1v) is 4.73. The smallest absolute Gasteiger partial charge is 0.253 e. The molecule has 88 valence electrons. The molecule has 0 aliphatic rings. The molecule has 0 radical (unpaired) electrons. The zero-order valence-electron chi connectivity index (χ0n) is 9.10. The fourth-order valence-corrected chi connectivity index (χ4v) is 1.23. The maximum Gasteiger partial charge on any atom is 0.253 e. The summed E-state index contributed by atoms with van der Waals surface area (Å²) in [5, 5.41) is 0. The van der Waals surface area contributed by atoms with Gasteiger partial charge in [-0.1, -0.05) is 24.3 Å². The quantitative estimate of drug-likeness (QED) is 0.474. The van der Waals surface area contributed by atoms with Crippen LogP contribution in [0, 0.1) is 5.41 Å². The second-order valence-corrected chi connectivity index (χ2v) is 3.36. The zero-order chi connectivity index (χ0) is 11.9. The van der Waals surface area contributed by atoms with E-state index >= 15 is 0 Å². The molecule has 0 rings (SSSR count). The van der Waals surface area contributed by atoms with Crippen LogP contribution in [0.3, 0.4) is 0 Å². The summed E-state index contributed by atoms with van der Waals surface area (Å²) in [5.41, 5.74) is -1.18. The second-order valence-electron chi connectivity index (χ2n) is 3.36. The molecular formula is C11H17F3O. The second kappa shape index (κ2) is 6.67. The van der Waals surface area contributed by atoms with Crippen LogP contribution in [0.2, 0.25) is 0 Å². The van der Waals surface area contributed by atoms with Crippen LogP contribution < -0.4 is 0 Å². The highest BCUT2D eigenvalue weighted by molar-refractivity contribution is 5.19. The summed E-state index contributed by atoms with van der Waals surface area (Å²) in [6.45, 7) is 5.62. The Bertz CT molecular complexity index is 226. The van der Waals surface area contributed by atoms with Crippen molar-refractivity contribution in [3.63, 3.8) is 0 Å². The Morgan fingerprint density at radius 1 is 1.53 bits per heavy atom. The predicted molar refractivity (Wildman–Crippen MR) is 54.9 cm³/mol. The topological polar surface area (TPSA) is 9.23 Å². The molecule has 4 heteroatoms. The monoisotopic (exact) mass is 222 g/mol. The summed E-state index contributed by atoms with van der Waals surface area (Å²) in [7, 11) is 0. The van der Waals surface area contributed by atoms with Crippen molar-refractivity contribution in [3.05, 3.63) is 24.3 Å². The van der Waals surface area contributed by atoms with E-state index < -0.39 is 18.5 Å². The fourth-order valence-electron chi connectivity index (χ4n) is 1.23. The largest absolute Gasteiger partial charge is 0.377 e. The summed E-state index contributed by atoms with van der Waals surface area (Å²) in [5.74, 6) is 0. The molecule has 0 aliphatic carbocycles. The predicted octanol–water partition coefficient (Wildman–Crippen LogP) is 3.38. The van der Waals surface area contributed by atoms with Gasteiger partial charge < -0.3 is 4.74 Å². The third kappa shape index (κ3) is 3.70. The lowest BCUT2D eigenvalue weighted by atomic mass is 9.82. The Morgan fingerprint density at radius 2 is 2.13 bits per heavy atom. The minimum Gasteiger partial charge on any atom is -0.377 e. The lowest BCUT2D eigenvalue weighted by Crippen LogP contribution is -2.34. The minimum atomic E-state index is -2.61. The van der Waals surface area contributed by atoms with E-state index in [0.717, 1.165) is 0 Å².